The van der Waals surface area contributed by atoms with Crippen molar-refractivity contribution in [3.63, 3.8) is 0 Å². The number of rotatable bonds is 1. The minimum Gasteiger partial charge on any atom is -0.508 e. The highest BCUT2D eigenvalue weighted by atomic mass is 16.4. The van der Waals surface area contributed by atoms with Gasteiger partial charge in [0.15, 0.2) is 0 Å². The van der Waals surface area contributed by atoms with Crippen LogP contribution < -0.4 is 5.73 Å². The number of phenolic OH excluding ortho intramolecular Hbond substituents is 1. The summed E-state index contributed by atoms with van der Waals surface area (Å²) in [5.74, 6) is -1.20. The Hall–Kier alpha value is -1.81. The summed E-state index contributed by atoms with van der Waals surface area (Å²) in [6.45, 7) is 0. The van der Waals surface area contributed by atoms with Gasteiger partial charge in [-0.25, -0.2) is 4.79 Å². The van der Waals surface area contributed by atoms with Crippen LogP contribution in [0.25, 0.3) is 6.08 Å². The zero-order valence-electron chi connectivity index (χ0n) is 7.97. The van der Waals surface area contributed by atoms with Crippen LogP contribution in [0.1, 0.15) is 17.5 Å². The van der Waals surface area contributed by atoms with Crippen molar-refractivity contribution in [3.05, 3.63) is 35.4 Å². The van der Waals surface area contributed by atoms with Crippen molar-refractivity contribution in [3.8, 4) is 5.75 Å². The number of carboxylic acids is 1. The monoisotopic (exact) mass is 205 g/mol. The lowest BCUT2D eigenvalue weighted by molar-refractivity contribution is -0.143. The number of carboxylic acid groups (broad SMARTS) is 1. The van der Waals surface area contributed by atoms with E-state index in [2.05, 4.69) is 0 Å². The van der Waals surface area contributed by atoms with E-state index in [4.69, 9.17) is 10.8 Å². The molecule has 1 aromatic rings. The summed E-state index contributed by atoms with van der Waals surface area (Å²) >= 11 is 0. The molecule has 1 atom stereocenters. The molecule has 4 nitrogen and oxygen atoms in total. The van der Waals surface area contributed by atoms with E-state index >= 15 is 0 Å². The van der Waals surface area contributed by atoms with Crippen molar-refractivity contribution in [2.75, 3.05) is 0 Å². The average Bonchev–Trinajstić information content (AvgIpc) is 2.17. The zero-order chi connectivity index (χ0) is 11.1. The van der Waals surface area contributed by atoms with Gasteiger partial charge in [-0.2, -0.15) is 0 Å². The van der Waals surface area contributed by atoms with Gasteiger partial charge >= 0.3 is 5.97 Å². The molecule has 0 radical (unpaired) electrons. The molecule has 1 aliphatic rings. The van der Waals surface area contributed by atoms with Gasteiger partial charge in [-0.1, -0.05) is 24.3 Å². The van der Waals surface area contributed by atoms with Gasteiger partial charge in [-0.15, -0.1) is 0 Å². The van der Waals surface area contributed by atoms with Crippen LogP contribution in [0.4, 0.5) is 0 Å². The topological polar surface area (TPSA) is 83.6 Å². The summed E-state index contributed by atoms with van der Waals surface area (Å²) in [4.78, 5) is 11.1. The van der Waals surface area contributed by atoms with Crippen molar-refractivity contribution in [1.29, 1.82) is 0 Å². The van der Waals surface area contributed by atoms with Gasteiger partial charge < -0.3 is 15.9 Å². The standard InChI is InChI=1S/C11H11NO3/c12-11(10(14)15)6-2-4-7-3-1-5-8(13)9(7)11/h1-5,13H,6,12H2,(H,14,15). The predicted octanol–water partition coefficient (Wildman–Crippen LogP) is 1.05. The molecule has 0 bridgehead atoms. The second-order valence-electron chi connectivity index (χ2n) is 3.62. The highest BCUT2D eigenvalue weighted by Crippen LogP contribution is 2.37. The number of aliphatic carboxylic acids is 1. The fourth-order valence-corrected chi connectivity index (χ4v) is 1.85. The van der Waals surface area contributed by atoms with Crippen LogP contribution >= 0.6 is 0 Å². The Bertz CT molecular complexity index is 453. The molecule has 0 amide bonds. The Balaban J connectivity index is 2.70. The number of aromatic hydroxyl groups is 1. The molecule has 4 heteroatoms. The van der Waals surface area contributed by atoms with Crippen molar-refractivity contribution in [2.45, 2.75) is 12.0 Å². The molecule has 1 aromatic carbocycles. The van der Waals surface area contributed by atoms with Crippen LogP contribution in [0, 0.1) is 0 Å². The molecule has 0 spiro atoms. The second kappa shape index (κ2) is 3.10. The maximum Gasteiger partial charge on any atom is 0.328 e. The van der Waals surface area contributed by atoms with Crippen LogP contribution in [-0.2, 0) is 10.3 Å². The maximum absolute atomic E-state index is 11.1. The normalized spacial score (nSPS) is 23.5. The van der Waals surface area contributed by atoms with Crippen molar-refractivity contribution in [1.82, 2.24) is 0 Å². The third-order valence-corrected chi connectivity index (χ3v) is 2.64. The quantitative estimate of drug-likeness (QED) is 0.639. The van der Waals surface area contributed by atoms with E-state index in [1.807, 2.05) is 0 Å². The molecule has 2 rings (SSSR count). The smallest absolute Gasteiger partial charge is 0.328 e. The van der Waals surface area contributed by atoms with E-state index in [-0.39, 0.29) is 12.2 Å². The summed E-state index contributed by atoms with van der Waals surface area (Å²) in [5.41, 5.74) is 5.24. The molecular formula is C11H11NO3. The van der Waals surface area contributed by atoms with Crippen molar-refractivity contribution < 1.29 is 15.0 Å². The third-order valence-electron chi connectivity index (χ3n) is 2.64. The first-order valence-corrected chi connectivity index (χ1v) is 4.57. The average molecular weight is 205 g/mol. The molecule has 0 aliphatic heterocycles. The Labute approximate surface area is 86.7 Å². The zero-order valence-corrected chi connectivity index (χ0v) is 7.97. The second-order valence-corrected chi connectivity index (χ2v) is 3.62. The van der Waals surface area contributed by atoms with Gasteiger partial charge in [-0.3, -0.25) is 0 Å². The third kappa shape index (κ3) is 1.30. The van der Waals surface area contributed by atoms with E-state index in [0.717, 1.165) is 0 Å². The molecule has 0 saturated heterocycles. The van der Waals surface area contributed by atoms with Crippen molar-refractivity contribution >= 4 is 12.0 Å². The molecule has 0 saturated carbocycles. The minimum absolute atomic E-state index is 0.0678. The highest BCUT2D eigenvalue weighted by molar-refractivity contribution is 5.85. The molecule has 0 fully saturated rings. The fourth-order valence-electron chi connectivity index (χ4n) is 1.85. The van der Waals surface area contributed by atoms with E-state index in [0.29, 0.717) is 11.1 Å². The van der Waals surface area contributed by atoms with Crippen LogP contribution in [0.15, 0.2) is 24.3 Å². The summed E-state index contributed by atoms with van der Waals surface area (Å²) in [6.07, 6.45) is 3.66. The Morgan fingerprint density at radius 3 is 2.87 bits per heavy atom. The van der Waals surface area contributed by atoms with Crippen LogP contribution in [0.2, 0.25) is 0 Å². The number of hydrogen-bond donors (Lipinski definition) is 3. The lowest BCUT2D eigenvalue weighted by Crippen LogP contribution is -2.45. The van der Waals surface area contributed by atoms with Gasteiger partial charge in [0.05, 0.1) is 0 Å². The van der Waals surface area contributed by atoms with Crippen LogP contribution in [0.5, 0.6) is 5.75 Å². The lowest BCUT2D eigenvalue weighted by atomic mass is 9.80. The van der Waals surface area contributed by atoms with E-state index < -0.39 is 11.5 Å². The number of hydrogen-bond acceptors (Lipinski definition) is 3. The van der Waals surface area contributed by atoms with Crippen molar-refractivity contribution in [2.24, 2.45) is 5.73 Å². The van der Waals surface area contributed by atoms with Gasteiger partial charge in [0, 0.05) is 5.56 Å². The number of phenols is 1. The van der Waals surface area contributed by atoms with E-state index in [1.165, 1.54) is 6.07 Å². The SMILES string of the molecule is NC1(C(=O)O)CC=Cc2cccc(O)c21. The molecule has 15 heavy (non-hydrogen) atoms. The van der Waals surface area contributed by atoms with E-state index in [1.54, 1.807) is 24.3 Å². The van der Waals surface area contributed by atoms with Crippen LogP contribution in [-0.4, -0.2) is 16.2 Å². The molecule has 0 heterocycles. The Morgan fingerprint density at radius 2 is 2.20 bits per heavy atom. The van der Waals surface area contributed by atoms with E-state index in [9.17, 15) is 9.90 Å². The predicted molar refractivity (Wildman–Crippen MR) is 55.3 cm³/mol. The van der Waals surface area contributed by atoms with Crippen LogP contribution in [0.3, 0.4) is 0 Å². The maximum atomic E-state index is 11.1. The molecular weight excluding hydrogens is 194 g/mol. The Kier molecular flexibility index (Phi) is 2.01. The molecule has 1 aliphatic carbocycles. The molecule has 1 unspecified atom stereocenters. The van der Waals surface area contributed by atoms with Gasteiger partial charge in [0.25, 0.3) is 0 Å². The molecule has 0 aromatic heterocycles. The fraction of sp³-hybridized carbons (Fsp3) is 0.182. The number of fused-ring (bicyclic) bond motifs is 1. The number of benzene rings is 1. The summed E-state index contributed by atoms with van der Waals surface area (Å²) < 4.78 is 0. The highest BCUT2D eigenvalue weighted by Gasteiger charge is 2.40. The molecule has 4 N–H and O–H groups in total. The first-order chi connectivity index (χ1) is 7.05. The lowest BCUT2D eigenvalue weighted by Gasteiger charge is -2.29. The summed E-state index contributed by atoms with van der Waals surface area (Å²) in [6, 6.07) is 4.84. The van der Waals surface area contributed by atoms with Gasteiger partial charge in [0.1, 0.15) is 11.3 Å². The largest absolute Gasteiger partial charge is 0.508 e. The summed E-state index contributed by atoms with van der Waals surface area (Å²) in [7, 11) is 0. The minimum atomic E-state index is -1.52. The first kappa shape index (κ1) is 9.73. The van der Waals surface area contributed by atoms with Gasteiger partial charge in [0.2, 0.25) is 0 Å². The summed E-state index contributed by atoms with van der Waals surface area (Å²) in [5, 5.41) is 18.8. The number of carbonyl (C=O) groups is 1. The Morgan fingerprint density at radius 1 is 1.47 bits per heavy atom. The number of nitrogens with two attached hydrogens (primary N) is 1. The van der Waals surface area contributed by atoms with Gasteiger partial charge in [-0.05, 0) is 18.1 Å². The first-order valence-electron chi connectivity index (χ1n) is 4.57. The molecule has 78 valence electrons.